The highest BCUT2D eigenvalue weighted by Crippen LogP contribution is 2.07. The van der Waals surface area contributed by atoms with Crippen LogP contribution in [-0.4, -0.2) is 39.3 Å². The Labute approximate surface area is 116 Å². The second-order valence-corrected chi connectivity index (χ2v) is 3.95. The van der Waals surface area contributed by atoms with Crippen molar-refractivity contribution in [2.75, 3.05) is 19.0 Å². The van der Waals surface area contributed by atoms with Gasteiger partial charge in [0, 0.05) is 37.6 Å². The molecule has 0 unspecified atom stereocenters. The smallest absolute Gasteiger partial charge is 0.269 e. The van der Waals surface area contributed by atoms with Crippen molar-refractivity contribution in [3.8, 4) is 5.88 Å². The van der Waals surface area contributed by atoms with Gasteiger partial charge in [-0.3, -0.25) is 9.48 Å². The first-order valence-electron chi connectivity index (χ1n) is 6.05. The predicted molar refractivity (Wildman–Crippen MR) is 71.3 cm³/mol. The summed E-state index contributed by atoms with van der Waals surface area (Å²) in [5, 5.41) is 7.06. The SMILES string of the molecule is COc1ccnc(NCCCn2c[c]c(C(N)=O)n2)n1. The zero-order valence-electron chi connectivity index (χ0n) is 11.0. The van der Waals surface area contributed by atoms with Crippen molar-refractivity contribution in [1.82, 2.24) is 19.7 Å². The fourth-order valence-electron chi connectivity index (χ4n) is 1.54. The summed E-state index contributed by atoms with van der Waals surface area (Å²) < 4.78 is 6.62. The molecular formula is C12H15N6O2. The van der Waals surface area contributed by atoms with Gasteiger partial charge >= 0.3 is 0 Å². The summed E-state index contributed by atoms with van der Waals surface area (Å²) in [6.45, 7) is 1.31. The van der Waals surface area contributed by atoms with Crippen LogP contribution in [0.15, 0.2) is 18.5 Å². The summed E-state index contributed by atoms with van der Waals surface area (Å²) in [4.78, 5) is 19.1. The lowest BCUT2D eigenvalue weighted by atomic mass is 10.4. The molecule has 0 saturated carbocycles. The van der Waals surface area contributed by atoms with Crippen molar-refractivity contribution in [1.29, 1.82) is 0 Å². The Morgan fingerprint density at radius 1 is 1.60 bits per heavy atom. The zero-order valence-corrected chi connectivity index (χ0v) is 11.0. The molecule has 3 N–H and O–H groups in total. The van der Waals surface area contributed by atoms with Crippen molar-refractivity contribution in [3.05, 3.63) is 30.2 Å². The first kappa shape index (κ1) is 13.8. The molecule has 0 saturated heterocycles. The Kier molecular flexibility index (Phi) is 4.48. The standard InChI is InChI=1S/C12H15N6O2/c1-20-10-3-6-15-12(16-10)14-5-2-7-18-8-4-9(17-18)11(13)19/h3,6,8H,2,5,7H2,1H3,(H2,13,19)(H,14,15,16). The maximum Gasteiger partial charge on any atom is 0.269 e. The van der Waals surface area contributed by atoms with Crippen LogP contribution in [0.3, 0.4) is 0 Å². The minimum absolute atomic E-state index is 0.147. The lowest BCUT2D eigenvalue weighted by Gasteiger charge is -2.05. The van der Waals surface area contributed by atoms with Gasteiger partial charge in [0.15, 0.2) is 5.69 Å². The molecule has 2 rings (SSSR count). The molecule has 0 spiro atoms. The average Bonchev–Trinajstić information content (AvgIpc) is 2.93. The summed E-state index contributed by atoms with van der Waals surface area (Å²) in [5.41, 5.74) is 5.25. The highest BCUT2D eigenvalue weighted by molar-refractivity contribution is 5.90. The number of primary amides is 1. The van der Waals surface area contributed by atoms with Crippen LogP contribution in [0.2, 0.25) is 0 Å². The molecule has 0 atom stereocenters. The van der Waals surface area contributed by atoms with Gasteiger partial charge in [0.25, 0.3) is 5.91 Å². The summed E-state index contributed by atoms with van der Waals surface area (Å²) in [5.74, 6) is 0.441. The Hall–Kier alpha value is -2.64. The fourth-order valence-corrected chi connectivity index (χ4v) is 1.54. The molecule has 2 heterocycles. The molecule has 105 valence electrons. The van der Waals surface area contributed by atoms with Crippen LogP contribution in [0.25, 0.3) is 0 Å². The average molecular weight is 275 g/mol. The number of hydrogen-bond acceptors (Lipinski definition) is 6. The van der Waals surface area contributed by atoms with Crippen molar-refractivity contribution < 1.29 is 9.53 Å². The van der Waals surface area contributed by atoms with Crippen molar-refractivity contribution in [2.24, 2.45) is 5.73 Å². The van der Waals surface area contributed by atoms with Gasteiger partial charge in [-0.1, -0.05) is 0 Å². The third-order valence-corrected chi connectivity index (χ3v) is 2.50. The highest BCUT2D eigenvalue weighted by Gasteiger charge is 2.04. The van der Waals surface area contributed by atoms with E-state index >= 15 is 0 Å². The number of nitrogens with zero attached hydrogens (tertiary/aromatic N) is 4. The summed E-state index contributed by atoms with van der Waals surface area (Å²) in [7, 11) is 1.55. The van der Waals surface area contributed by atoms with Crippen LogP contribution in [0.4, 0.5) is 5.95 Å². The van der Waals surface area contributed by atoms with Gasteiger partial charge in [-0.25, -0.2) is 4.98 Å². The largest absolute Gasteiger partial charge is 0.481 e. The molecule has 20 heavy (non-hydrogen) atoms. The maximum atomic E-state index is 10.9. The number of anilines is 1. The van der Waals surface area contributed by atoms with Crippen molar-refractivity contribution in [3.63, 3.8) is 0 Å². The first-order valence-corrected chi connectivity index (χ1v) is 6.05. The first-order chi connectivity index (χ1) is 9.69. The molecule has 8 nitrogen and oxygen atoms in total. The fraction of sp³-hybridized carbons (Fsp3) is 0.333. The summed E-state index contributed by atoms with van der Waals surface area (Å²) in [6, 6.07) is 4.37. The van der Waals surface area contributed by atoms with Gasteiger partial charge in [-0.05, 0) is 6.42 Å². The second-order valence-electron chi connectivity index (χ2n) is 3.95. The number of nitrogens with one attached hydrogen (secondary N) is 1. The zero-order chi connectivity index (χ0) is 14.4. The lowest BCUT2D eigenvalue weighted by molar-refractivity contribution is 0.0994. The molecule has 0 bridgehead atoms. The van der Waals surface area contributed by atoms with Crippen LogP contribution in [0.5, 0.6) is 5.88 Å². The number of aromatic nitrogens is 4. The number of aryl methyl sites for hydroxylation is 1. The normalized spacial score (nSPS) is 10.2. The topological polar surface area (TPSA) is 108 Å². The third-order valence-electron chi connectivity index (χ3n) is 2.50. The van der Waals surface area contributed by atoms with E-state index in [0.29, 0.717) is 24.9 Å². The molecule has 0 aromatic carbocycles. The van der Waals surface area contributed by atoms with E-state index in [0.717, 1.165) is 6.42 Å². The molecule has 2 aromatic rings. The van der Waals surface area contributed by atoms with E-state index in [2.05, 4.69) is 26.4 Å². The minimum Gasteiger partial charge on any atom is -0.481 e. The second kappa shape index (κ2) is 6.50. The number of amides is 1. The lowest BCUT2D eigenvalue weighted by Crippen LogP contribution is -2.13. The third kappa shape index (κ3) is 3.67. The van der Waals surface area contributed by atoms with Crippen LogP contribution in [0, 0.1) is 6.07 Å². The molecule has 2 aromatic heterocycles. The quantitative estimate of drug-likeness (QED) is 0.693. The Bertz CT molecular complexity index is 583. The van der Waals surface area contributed by atoms with E-state index in [1.54, 1.807) is 30.3 Å². The number of ether oxygens (including phenoxy) is 1. The van der Waals surface area contributed by atoms with Crippen molar-refractivity contribution >= 4 is 11.9 Å². The number of rotatable bonds is 7. The van der Waals surface area contributed by atoms with Crippen LogP contribution in [0.1, 0.15) is 16.9 Å². The molecule has 8 heteroatoms. The number of hydrogen-bond donors (Lipinski definition) is 2. The summed E-state index contributed by atoms with van der Waals surface area (Å²) in [6.07, 6.45) is 4.01. The molecule has 1 radical (unpaired) electrons. The van der Waals surface area contributed by atoms with E-state index in [1.165, 1.54) is 0 Å². The van der Waals surface area contributed by atoms with Crippen molar-refractivity contribution in [2.45, 2.75) is 13.0 Å². The number of methoxy groups -OCH3 is 1. The van der Waals surface area contributed by atoms with E-state index in [9.17, 15) is 4.79 Å². The predicted octanol–water partition coefficient (Wildman–Crippen LogP) is 0.0830. The molecule has 1 amide bonds. The van der Waals surface area contributed by atoms with Crippen LogP contribution >= 0.6 is 0 Å². The summed E-state index contributed by atoms with van der Waals surface area (Å²) >= 11 is 0. The molecule has 0 aliphatic heterocycles. The van der Waals surface area contributed by atoms with E-state index in [-0.39, 0.29) is 5.69 Å². The minimum atomic E-state index is -0.577. The van der Waals surface area contributed by atoms with E-state index in [4.69, 9.17) is 10.5 Å². The maximum absolute atomic E-state index is 10.9. The number of nitrogens with two attached hydrogens (primary N) is 1. The molecule has 0 fully saturated rings. The molecule has 0 aliphatic rings. The van der Waals surface area contributed by atoms with Gasteiger partial charge in [-0.2, -0.15) is 10.1 Å². The molecule has 0 aliphatic carbocycles. The Morgan fingerprint density at radius 2 is 2.45 bits per heavy atom. The monoisotopic (exact) mass is 275 g/mol. The van der Waals surface area contributed by atoms with Gasteiger partial charge in [0.05, 0.1) is 7.11 Å². The van der Waals surface area contributed by atoms with Crippen LogP contribution in [-0.2, 0) is 6.54 Å². The van der Waals surface area contributed by atoms with Gasteiger partial charge in [-0.15, -0.1) is 0 Å². The number of carbonyl (C=O) groups is 1. The van der Waals surface area contributed by atoms with E-state index < -0.39 is 5.91 Å². The Balaban J connectivity index is 1.76. The number of carbonyl (C=O) groups excluding carboxylic acids is 1. The van der Waals surface area contributed by atoms with Gasteiger partial charge in [0.1, 0.15) is 0 Å². The Morgan fingerprint density at radius 3 is 3.15 bits per heavy atom. The van der Waals surface area contributed by atoms with E-state index in [1.807, 2.05) is 0 Å². The highest BCUT2D eigenvalue weighted by atomic mass is 16.5. The molecular weight excluding hydrogens is 260 g/mol. The van der Waals surface area contributed by atoms with Gasteiger partial charge in [0.2, 0.25) is 11.8 Å². The van der Waals surface area contributed by atoms with Crippen LogP contribution < -0.4 is 15.8 Å². The van der Waals surface area contributed by atoms with Gasteiger partial charge < -0.3 is 15.8 Å².